The number of hydrogen-bond acceptors (Lipinski definition) is 8. The highest BCUT2D eigenvalue weighted by molar-refractivity contribution is 7.89. The van der Waals surface area contributed by atoms with Crippen molar-refractivity contribution in [2.75, 3.05) is 53.0 Å². The quantitative estimate of drug-likeness (QED) is 0.351. The molecule has 0 saturated carbocycles. The molecule has 1 aromatic carbocycles. The van der Waals surface area contributed by atoms with Gasteiger partial charge in [-0.3, -0.25) is 4.79 Å². The number of halogens is 2. The molecule has 256 valence electrons. The number of hydrogen-bond donors (Lipinski definition) is 2. The molecule has 3 heterocycles. The van der Waals surface area contributed by atoms with Gasteiger partial charge in [-0.1, -0.05) is 30.1 Å². The van der Waals surface area contributed by atoms with Crippen molar-refractivity contribution in [1.82, 2.24) is 24.7 Å². The highest BCUT2D eigenvalue weighted by atomic mass is 35.5. The maximum Gasteiger partial charge on any atom is 0.409 e. The molecule has 3 saturated heterocycles. The van der Waals surface area contributed by atoms with Crippen LogP contribution in [0.15, 0.2) is 23.1 Å². The van der Waals surface area contributed by atoms with Crippen molar-refractivity contribution in [3.05, 3.63) is 28.2 Å². The van der Waals surface area contributed by atoms with E-state index in [0.717, 1.165) is 56.6 Å². The Bertz CT molecular complexity index is 1350. The van der Waals surface area contributed by atoms with Crippen LogP contribution in [0.3, 0.4) is 0 Å². The van der Waals surface area contributed by atoms with Crippen molar-refractivity contribution in [1.29, 1.82) is 0 Å². The summed E-state index contributed by atoms with van der Waals surface area (Å²) in [5.41, 5.74) is 0. The highest BCUT2D eigenvalue weighted by Gasteiger charge is 2.41. The first-order chi connectivity index (χ1) is 21.9. The van der Waals surface area contributed by atoms with E-state index >= 15 is 0 Å². The molecule has 1 aromatic rings. The average molecular weight is 705 g/mol. The summed E-state index contributed by atoms with van der Waals surface area (Å²) >= 11 is 12.0. The summed E-state index contributed by atoms with van der Waals surface area (Å²) in [6.45, 7) is 4.83. The van der Waals surface area contributed by atoms with E-state index in [-0.39, 0.29) is 40.5 Å². The second-order valence-corrected chi connectivity index (χ2v) is 14.9. The number of nitrogens with one attached hydrogen (secondary N) is 2. The number of benzene rings is 1. The molecule has 3 aliphatic heterocycles. The zero-order chi connectivity index (χ0) is 33.4. The first-order valence-electron chi connectivity index (χ1n) is 15.7. The third-order valence-electron chi connectivity index (χ3n) is 8.90. The Hall–Kier alpha value is -2.81. The van der Waals surface area contributed by atoms with Crippen molar-refractivity contribution in [3.63, 3.8) is 0 Å². The van der Waals surface area contributed by atoms with Gasteiger partial charge in [0.15, 0.2) is 0 Å². The number of rotatable bonds is 10. The number of piperidine rings is 2. The minimum atomic E-state index is -4.12. The van der Waals surface area contributed by atoms with Crippen LogP contribution in [-0.4, -0.2) is 112 Å². The average Bonchev–Trinajstić information content (AvgIpc) is 3.54. The second-order valence-electron chi connectivity index (χ2n) is 12.2. The summed E-state index contributed by atoms with van der Waals surface area (Å²) in [5, 5.41) is 5.53. The molecule has 0 bridgehead atoms. The van der Waals surface area contributed by atoms with Gasteiger partial charge in [-0.15, -0.1) is 0 Å². The molecule has 13 nitrogen and oxygen atoms in total. The van der Waals surface area contributed by atoms with Crippen LogP contribution in [-0.2, 0) is 29.1 Å². The van der Waals surface area contributed by atoms with Crippen LogP contribution < -0.4 is 10.6 Å². The molecular weight excluding hydrogens is 661 g/mol. The number of amides is 4. The normalized spacial score (nSPS) is 20.7. The lowest BCUT2D eigenvalue weighted by Crippen LogP contribution is -2.55. The molecule has 4 amide bonds. The van der Waals surface area contributed by atoms with E-state index in [0.29, 0.717) is 38.0 Å². The van der Waals surface area contributed by atoms with Gasteiger partial charge >= 0.3 is 18.1 Å². The summed E-state index contributed by atoms with van der Waals surface area (Å²) < 4.78 is 38.1. The molecule has 3 fully saturated rings. The summed E-state index contributed by atoms with van der Waals surface area (Å²) in [6.07, 6.45) is 4.61. The van der Waals surface area contributed by atoms with Gasteiger partial charge < -0.3 is 29.9 Å². The maximum atomic E-state index is 13.4. The first kappa shape index (κ1) is 36.0. The van der Waals surface area contributed by atoms with Gasteiger partial charge in [-0.2, -0.15) is 4.31 Å². The van der Waals surface area contributed by atoms with Gasteiger partial charge in [0.1, 0.15) is 12.1 Å². The standard InChI is InChI=1S/C30H43Cl2N5O8S/c1-20-5-11-36(12-6-20)30(41)45-15-9-21-7-13-35(14-8-21)29(40)33-19-25(28(39)44-2)34-27(38)26-4-3-10-37(26)46(42,43)24-17-22(31)16-23(32)18-24/h16-18,20-21,25-26H,3-15,19H2,1-2H3,(H,33,40)(H,34,38)/t25-,26-/m0/s1. The number of likely N-dealkylation sites (tertiary alicyclic amines) is 2. The molecule has 2 N–H and O–H groups in total. The summed E-state index contributed by atoms with van der Waals surface area (Å²) in [4.78, 5) is 54.3. The zero-order valence-electron chi connectivity index (χ0n) is 26.2. The Morgan fingerprint density at radius 3 is 2.20 bits per heavy atom. The smallest absolute Gasteiger partial charge is 0.409 e. The van der Waals surface area contributed by atoms with E-state index in [1.165, 1.54) is 18.2 Å². The fraction of sp³-hybridized carbons (Fsp3) is 0.667. The van der Waals surface area contributed by atoms with E-state index in [2.05, 4.69) is 17.6 Å². The largest absolute Gasteiger partial charge is 0.467 e. The van der Waals surface area contributed by atoms with Crippen molar-refractivity contribution in [3.8, 4) is 0 Å². The highest BCUT2D eigenvalue weighted by Crippen LogP contribution is 2.30. The minimum absolute atomic E-state index is 0.0976. The second kappa shape index (κ2) is 16.3. The van der Waals surface area contributed by atoms with Crippen LogP contribution >= 0.6 is 23.2 Å². The van der Waals surface area contributed by atoms with E-state index in [4.69, 9.17) is 32.7 Å². The van der Waals surface area contributed by atoms with Crippen LogP contribution in [0, 0.1) is 11.8 Å². The fourth-order valence-electron chi connectivity index (χ4n) is 6.03. The number of carbonyl (C=O) groups is 4. The lowest BCUT2D eigenvalue weighted by atomic mass is 9.94. The van der Waals surface area contributed by atoms with Crippen LogP contribution in [0.25, 0.3) is 0 Å². The molecule has 0 spiro atoms. The molecule has 0 aromatic heterocycles. The van der Waals surface area contributed by atoms with Gasteiger partial charge in [0.25, 0.3) is 0 Å². The molecule has 0 unspecified atom stereocenters. The summed E-state index contributed by atoms with van der Waals surface area (Å²) in [7, 11) is -2.96. The Balaban J connectivity index is 1.24. The Kier molecular flexibility index (Phi) is 12.8. The summed E-state index contributed by atoms with van der Waals surface area (Å²) in [5.74, 6) is -0.522. The molecule has 0 aliphatic carbocycles. The van der Waals surface area contributed by atoms with Crippen molar-refractivity contribution in [2.45, 2.75) is 68.8 Å². The predicted octanol–water partition coefficient (Wildman–Crippen LogP) is 3.48. The van der Waals surface area contributed by atoms with Crippen molar-refractivity contribution in [2.24, 2.45) is 11.8 Å². The number of ether oxygens (including phenoxy) is 2. The third-order valence-corrected chi connectivity index (χ3v) is 11.2. The Morgan fingerprint density at radius 2 is 1.57 bits per heavy atom. The third kappa shape index (κ3) is 9.39. The molecule has 0 radical (unpaired) electrons. The van der Waals surface area contributed by atoms with E-state index in [1.54, 1.807) is 9.80 Å². The maximum absolute atomic E-state index is 13.4. The number of carbonyl (C=O) groups excluding carboxylic acids is 4. The van der Waals surface area contributed by atoms with Crippen molar-refractivity contribution >= 4 is 57.2 Å². The number of methoxy groups -OCH3 is 1. The van der Waals surface area contributed by atoms with E-state index < -0.39 is 40.0 Å². The Labute approximate surface area is 280 Å². The van der Waals surface area contributed by atoms with Gasteiger partial charge in [-0.05, 0) is 75.0 Å². The van der Waals surface area contributed by atoms with Crippen LogP contribution in [0.1, 0.15) is 51.9 Å². The Morgan fingerprint density at radius 1 is 0.935 bits per heavy atom. The topological polar surface area (TPSA) is 155 Å². The predicted molar refractivity (Wildman–Crippen MR) is 171 cm³/mol. The molecule has 16 heteroatoms. The monoisotopic (exact) mass is 703 g/mol. The summed E-state index contributed by atoms with van der Waals surface area (Å²) in [6, 6.07) is 1.23. The number of nitrogens with zero attached hydrogens (tertiary/aromatic N) is 3. The van der Waals surface area contributed by atoms with Crippen LogP contribution in [0.4, 0.5) is 9.59 Å². The first-order valence-corrected chi connectivity index (χ1v) is 17.9. The molecule has 46 heavy (non-hydrogen) atoms. The van der Waals surface area contributed by atoms with E-state index in [9.17, 15) is 27.6 Å². The van der Waals surface area contributed by atoms with Crippen LogP contribution in [0.5, 0.6) is 0 Å². The molecule has 2 atom stereocenters. The lowest BCUT2D eigenvalue weighted by Gasteiger charge is -2.33. The van der Waals surface area contributed by atoms with Gasteiger partial charge in [-0.25, -0.2) is 22.8 Å². The number of urea groups is 1. The SMILES string of the molecule is COC(=O)[C@H](CNC(=O)N1CCC(CCOC(=O)N2CCC(C)CC2)CC1)NC(=O)[C@@H]1CCCN1S(=O)(=O)c1cc(Cl)cc(Cl)c1. The van der Waals surface area contributed by atoms with Gasteiger partial charge in [0.2, 0.25) is 15.9 Å². The minimum Gasteiger partial charge on any atom is -0.467 e. The van der Waals surface area contributed by atoms with Crippen LogP contribution in [0.2, 0.25) is 10.0 Å². The number of esters is 1. The number of sulfonamides is 1. The van der Waals surface area contributed by atoms with Gasteiger partial charge in [0.05, 0.1) is 25.2 Å². The van der Waals surface area contributed by atoms with Gasteiger partial charge in [0, 0.05) is 42.8 Å². The molecular formula is C30H43Cl2N5O8S. The zero-order valence-corrected chi connectivity index (χ0v) is 28.5. The molecule has 3 aliphatic rings. The van der Waals surface area contributed by atoms with E-state index in [1.807, 2.05) is 0 Å². The molecule has 4 rings (SSSR count). The van der Waals surface area contributed by atoms with Crippen molar-refractivity contribution < 1.29 is 37.1 Å². The fourth-order valence-corrected chi connectivity index (χ4v) is 8.41. The lowest BCUT2D eigenvalue weighted by molar-refractivity contribution is -0.145.